The highest BCUT2D eigenvalue weighted by Gasteiger charge is 2.48. The molecule has 4 heteroatoms. The lowest BCUT2D eigenvalue weighted by molar-refractivity contribution is 0.180. The first-order valence-corrected chi connectivity index (χ1v) is 6.44. The Morgan fingerprint density at radius 1 is 1.59 bits per heavy atom. The van der Waals surface area contributed by atoms with E-state index in [0.717, 1.165) is 19.6 Å². The molecule has 0 amide bonds. The Morgan fingerprint density at radius 2 is 2.35 bits per heavy atom. The third kappa shape index (κ3) is 1.89. The van der Waals surface area contributed by atoms with Gasteiger partial charge in [-0.2, -0.15) is 0 Å². The fourth-order valence-corrected chi connectivity index (χ4v) is 2.83. The first kappa shape index (κ1) is 11.2. The van der Waals surface area contributed by atoms with Gasteiger partial charge in [0.05, 0.1) is 24.7 Å². The zero-order valence-electron chi connectivity index (χ0n) is 10.6. The number of aromatic nitrogens is 2. The Balaban J connectivity index is 1.81. The van der Waals surface area contributed by atoms with E-state index in [1.54, 1.807) is 0 Å². The second-order valence-electron chi connectivity index (χ2n) is 6.08. The first-order valence-electron chi connectivity index (χ1n) is 6.44. The predicted octanol–water partition coefficient (Wildman–Crippen LogP) is 1.89. The van der Waals surface area contributed by atoms with E-state index >= 15 is 0 Å². The molecule has 4 nitrogen and oxygen atoms in total. The molecule has 1 aromatic rings. The number of nitrogens with two attached hydrogens (primary N) is 1. The molecule has 0 spiro atoms. The fourth-order valence-electron chi connectivity index (χ4n) is 2.83. The maximum absolute atomic E-state index is 6.36. The molecule has 0 aromatic carbocycles. The van der Waals surface area contributed by atoms with Crippen molar-refractivity contribution in [3.63, 3.8) is 0 Å². The zero-order chi connectivity index (χ0) is 12.0. The van der Waals surface area contributed by atoms with Crippen LogP contribution in [-0.4, -0.2) is 22.8 Å². The summed E-state index contributed by atoms with van der Waals surface area (Å²) in [7, 11) is 0. The van der Waals surface area contributed by atoms with Crippen LogP contribution in [0.25, 0.3) is 0 Å². The molecule has 2 fully saturated rings. The molecule has 1 aliphatic carbocycles. The van der Waals surface area contributed by atoms with E-state index < -0.39 is 0 Å². The van der Waals surface area contributed by atoms with Crippen molar-refractivity contribution in [3.8, 4) is 0 Å². The van der Waals surface area contributed by atoms with Crippen LogP contribution in [0.4, 0.5) is 0 Å². The van der Waals surface area contributed by atoms with Gasteiger partial charge < -0.3 is 15.0 Å². The van der Waals surface area contributed by atoms with Crippen LogP contribution in [0.5, 0.6) is 0 Å². The number of nitrogens with zero attached hydrogens (tertiary/aromatic N) is 2. The van der Waals surface area contributed by atoms with Gasteiger partial charge in [-0.1, -0.05) is 13.8 Å². The van der Waals surface area contributed by atoms with Crippen LogP contribution >= 0.6 is 0 Å². The van der Waals surface area contributed by atoms with Crippen molar-refractivity contribution < 1.29 is 4.74 Å². The summed E-state index contributed by atoms with van der Waals surface area (Å²) in [5.41, 5.74) is 7.94. The summed E-state index contributed by atoms with van der Waals surface area (Å²) in [6.45, 7) is 6.24. The molecule has 94 valence electrons. The number of rotatable bonds is 3. The van der Waals surface area contributed by atoms with Crippen molar-refractivity contribution in [1.29, 1.82) is 0 Å². The normalized spacial score (nSPS) is 32.6. The average molecular weight is 235 g/mol. The molecule has 3 unspecified atom stereocenters. The summed E-state index contributed by atoms with van der Waals surface area (Å²) in [5, 5.41) is 0. The van der Waals surface area contributed by atoms with Crippen molar-refractivity contribution in [3.05, 3.63) is 18.2 Å². The van der Waals surface area contributed by atoms with E-state index in [1.165, 1.54) is 12.1 Å². The van der Waals surface area contributed by atoms with E-state index in [9.17, 15) is 0 Å². The number of ether oxygens (including phenoxy) is 1. The maximum atomic E-state index is 6.36. The highest BCUT2D eigenvalue weighted by molar-refractivity contribution is 5.13. The van der Waals surface area contributed by atoms with Crippen LogP contribution in [0.2, 0.25) is 0 Å². The molecule has 2 aliphatic rings. The summed E-state index contributed by atoms with van der Waals surface area (Å²) >= 11 is 0. The van der Waals surface area contributed by atoms with Gasteiger partial charge in [0.2, 0.25) is 0 Å². The zero-order valence-corrected chi connectivity index (χ0v) is 10.6. The lowest BCUT2D eigenvalue weighted by Crippen LogP contribution is -2.24. The molecule has 0 radical (unpaired) electrons. The third-order valence-corrected chi connectivity index (χ3v) is 4.31. The van der Waals surface area contributed by atoms with E-state index in [1.807, 2.05) is 12.5 Å². The average Bonchev–Trinajstić information content (AvgIpc) is 2.83. The van der Waals surface area contributed by atoms with Gasteiger partial charge in [-0.25, -0.2) is 4.98 Å². The van der Waals surface area contributed by atoms with Gasteiger partial charge in [0.1, 0.15) is 0 Å². The van der Waals surface area contributed by atoms with E-state index in [0.29, 0.717) is 17.4 Å². The molecular formula is C13H21N3O. The van der Waals surface area contributed by atoms with Crippen LogP contribution in [0, 0.1) is 11.3 Å². The third-order valence-electron chi connectivity index (χ3n) is 4.31. The molecule has 2 heterocycles. The first-order chi connectivity index (χ1) is 8.09. The van der Waals surface area contributed by atoms with Crippen LogP contribution in [0.15, 0.2) is 12.5 Å². The van der Waals surface area contributed by atoms with Crippen molar-refractivity contribution in [2.45, 2.75) is 38.8 Å². The lowest BCUT2D eigenvalue weighted by Gasteiger charge is -2.20. The highest BCUT2D eigenvalue weighted by atomic mass is 16.5. The van der Waals surface area contributed by atoms with Crippen LogP contribution in [-0.2, 0) is 4.74 Å². The van der Waals surface area contributed by atoms with Crippen molar-refractivity contribution >= 4 is 0 Å². The Bertz CT molecular complexity index is 407. The van der Waals surface area contributed by atoms with Crippen LogP contribution < -0.4 is 5.73 Å². The molecule has 1 saturated carbocycles. The van der Waals surface area contributed by atoms with Crippen molar-refractivity contribution in [1.82, 2.24) is 9.55 Å². The van der Waals surface area contributed by atoms with Gasteiger partial charge in [0.25, 0.3) is 0 Å². The van der Waals surface area contributed by atoms with Gasteiger partial charge >= 0.3 is 0 Å². The summed E-state index contributed by atoms with van der Waals surface area (Å²) in [4.78, 5) is 4.28. The van der Waals surface area contributed by atoms with Crippen LogP contribution in [0.3, 0.4) is 0 Å². The highest BCUT2D eigenvalue weighted by Crippen LogP contribution is 2.56. The fraction of sp³-hybridized carbons (Fsp3) is 0.769. The molecule has 1 aromatic heterocycles. The smallest absolute Gasteiger partial charge is 0.0951 e. The molecule has 0 bridgehead atoms. The van der Waals surface area contributed by atoms with Crippen molar-refractivity contribution in [2.75, 3.05) is 13.2 Å². The summed E-state index contributed by atoms with van der Waals surface area (Å²) in [6, 6.07) is 0.643. The second kappa shape index (κ2) is 3.82. The second-order valence-corrected chi connectivity index (χ2v) is 6.08. The number of imidazole rings is 1. The summed E-state index contributed by atoms with van der Waals surface area (Å²) in [5.74, 6) is 0.451. The van der Waals surface area contributed by atoms with Gasteiger partial charge in [0, 0.05) is 24.8 Å². The quantitative estimate of drug-likeness (QED) is 0.870. The predicted molar refractivity (Wildman–Crippen MR) is 65.5 cm³/mol. The standard InChI is InChI=1S/C13H21N3O/c1-13(2)5-11(13)16-8-15-6-10(16)12(14)9-3-4-17-7-9/h6,8-9,11-12H,3-5,7,14H2,1-2H3. The molecule has 1 saturated heterocycles. The Morgan fingerprint density at radius 3 is 2.94 bits per heavy atom. The molecule has 17 heavy (non-hydrogen) atoms. The molecule has 2 N–H and O–H groups in total. The van der Waals surface area contributed by atoms with E-state index in [4.69, 9.17) is 10.5 Å². The largest absolute Gasteiger partial charge is 0.381 e. The van der Waals surface area contributed by atoms with Crippen LogP contribution in [0.1, 0.15) is 44.5 Å². The molecular weight excluding hydrogens is 214 g/mol. The number of hydrogen-bond acceptors (Lipinski definition) is 3. The Kier molecular flexibility index (Phi) is 2.52. The van der Waals surface area contributed by atoms with E-state index in [-0.39, 0.29) is 6.04 Å². The van der Waals surface area contributed by atoms with E-state index in [2.05, 4.69) is 23.4 Å². The molecule has 1 aliphatic heterocycles. The minimum absolute atomic E-state index is 0.0661. The monoisotopic (exact) mass is 235 g/mol. The van der Waals surface area contributed by atoms with Gasteiger partial charge in [-0.15, -0.1) is 0 Å². The summed E-state index contributed by atoms with van der Waals surface area (Å²) < 4.78 is 7.70. The maximum Gasteiger partial charge on any atom is 0.0951 e. The Hall–Kier alpha value is -0.870. The van der Waals surface area contributed by atoms with Gasteiger partial charge in [0.15, 0.2) is 0 Å². The van der Waals surface area contributed by atoms with Gasteiger partial charge in [-0.05, 0) is 18.3 Å². The molecule has 3 atom stereocenters. The SMILES string of the molecule is CC1(C)CC1n1cncc1C(N)C1CCOC1. The van der Waals surface area contributed by atoms with Gasteiger partial charge in [-0.3, -0.25) is 0 Å². The lowest BCUT2D eigenvalue weighted by atomic mass is 9.97. The topological polar surface area (TPSA) is 53.1 Å². The number of hydrogen-bond donors (Lipinski definition) is 1. The minimum atomic E-state index is 0.0661. The van der Waals surface area contributed by atoms with Crippen molar-refractivity contribution in [2.24, 2.45) is 17.1 Å². The Labute approximate surface area is 102 Å². The minimum Gasteiger partial charge on any atom is -0.381 e. The molecule has 3 rings (SSSR count). The summed E-state index contributed by atoms with van der Waals surface area (Å²) in [6.07, 6.45) is 6.16.